The lowest BCUT2D eigenvalue weighted by molar-refractivity contribution is -0.114. The zero-order chi connectivity index (χ0) is 18.7. The molecule has 0 radical (unpaired) electrons. The number of urea groups is 1. The second-order valence-corrected chi connectivity index (χ2v) is 6.83. The highest BCUT2D eigenvalue weighted by atomic mass is 32.1. The van der Waals surface area contributed by atoms with E-state index in [1.54, 1.807) is 37.3 Å². The SMILES string of the molecule is COc1ccc(NC(=O)N2CCc3nc(NC(C)=O)sc3C2)cc1OC. The predicted octanol–water partition coefficient (Wildman–Crippen LogP) is 2.71. The van der Waals surface area contributed by atoms with E-state index in [2.05, 4.69) is 15.6 Å². The first-order valence-corrected chi connectivity index (χ1v) is 8.86. The van der Waals surface area contributed by atoms with Gasteiger partial charge in [-0.25, -0.2) is 9.78 Å². The zero-order valence-corrected chi connectivity index (χ0v) is 15.6. The van der Waals surface area contributed by atoms with Crippen molar-refractivity contribution in [3.05, 3.63) is 28.8 Å². The molecule has 0 bridgehead atoms. The maximum Gasteiger partial charge on any atom is 0.322 e. The van der Waals surface area contributed by atoms with Crippen LogP contribution in [-0.2, 0) is 17.8 Å². The van der Waals surface area contributed by atoms with E-state index in [1.807, 2.05) is 0 Å². The number of aromatic nitrogens is 1. The molecule has 3 amide bonds. The second kappa shape index (κ2) is 7.61. The van der Waals surface area contributed by atoms with Crippen LogP contribution >= 0.6 is 11.3 Å². The van der Waals surface area contributed by atoms with Crippen LogP contribution < -0.4 is 20.1 Å². The molecule has 1 aromatic carbocycles. The Labute approximate surface area is 155 Å². The van der Waals surface area contributed by atoms with Crippen LogP contribution in [0.5, 0.6) is 11.5 Å². The van der Waals surface area contributed by atoms with Gasteiger partial charge in [0.1, 0.15) is 0 Å². The number of carbonyl (C=O) groups excluding carboxylic acids is 2. The number of benzene rings is 1. The van der Waals surface area contributed by atoms with Crippen LogP contribution in [0.1, 0.15) is 17.5 Å². The molecule has 1 aliphatic heterocycles. The van der Waals surface area contributed by atoms with Crippen molar-refractivity contribution in [2.45, 2.75) is 19.9 Å². The molecule has 3 rings (SSSR count). The molecule has 0 aliphatic carbocycles. The van der Waals surface area contributed by atoms with Gasteiger partial charge in [0.15, 0.2) is 16.6 Å². The molecule has 0 fully saturated rings. The molecule has 1 aliphatic rings. The summed E-state index contributed by atoms with van der Waals surface area (Å²) in [5.74, 6) is 0.996. The summed E-state index contributed by atoms with van der Waals surface area (Å²) >= 11 is 1.40. The van der Waals surface area contributed by atoms with Gasteiger partial charge in [-0.3, -0.25) is 4.79 Å². The van der Waals surface area contributed by atoms with Gasteiger partial charge in [0.25, 0.3) is 0 Å². The van der Waals surface area contributed by atoms with E-state index >= 15 is 0 Å². The molecule has 2 N–H and O–H groups in total. The molecule has 9 heteroatoms. The number of hydrogen-bond acceptors (Lipinski definition) is 6. The second-order valence-electron chi connectivity index (χ2n) is 5.74. The molecular weight excluding hydrogens is 356 g/mol. The molecule has 1 aromatic heterocycles. The fourth-order valence-electron chi connectivity index (χ4n) is 2.69. The maximum atomic E-state index is 12.6. The van der Waals surface area contributed by atoms with Gasteiger partial charge in [0.2, 0.25) is 5.91 Å². The average Bonchev–Trinajstić information content (AvgIpc) is 3.01. The summed E-state index contributed by atoms with van der Waals surface area (Å²) in [4.78, 5) is 30.8. The Morgan fingerprint density at radius 1 is 1.19 bits per heavy atom. The Balaban J connectivity index is 1.68. The number of nitrogens with zero attached hydrogens (tertiary/aromatic N) is 2. The fraction of sp³-hybridized carbons (Fsp3) is 0.353. The molecule has 26 heavy (non-hydrogen) atoms. The molecule has 8 nitrogen and oxygen atoms in total. The minimum Gasteiger partial charge on any atom is -0.493 e. The summed E-state index contributed by atoms with van der Waals surface area (Å²) in [7, 11) is 3.11. The summed E-state index contributed by atoms with van der Waals surface area (Å²) in [6.45, 7) is 2.48. The van der Waals surface area contributed by atoms with Crippen molar-refractivity contribution in [3.8, 4) is 11.5 Å². The van der Waals surface area contributed by atoms with E-state index in [1.165, 1.54) is 18.3 Å². The van der Waals surface area contributed by atoms with Crippen LogP contribution in [0.25, 0.3) is 0 Å². The number of ether oxygens (including phenoxy) is 2. The van der Waals surface area contributed by atoms with Gasteiger partial charge < -0.3 is 25.0 Å². The Kier molecular flexibility index (Phi) is 5.27. The topological polar surface area (TPSA) is 92.8 Å². The van der Waals surface area contributed by atoms with Crippen molar-refractivity contribution in [1.29, 1.82) is 0 Å². The van der Waals surface area contributed by atoms with Crippen molar-refractivity contribution in [3.63, 3.8) is 0 Å². The number of rotatable bonds is 4. The van der Waals surface area contributed by atoms with Crippen LogP contribution in [0.15, 0.2) is 18.2 Å². The summed E-state index contributed by atoms with van der Waals surface area (Å²) in [5.41, 5.74) is 1.57. The third-order valence-corrected chi connectivity index (χ3v) is 4.93. The predicted molar refractivity (Wildman–Crippen MR) is 99.1 cm³/mol. The minimum atomic E-state index is -0.197. The first kappa shape index (κ1) is 18.0. The van der Waals surface area contributed by atoms with Crippen molar-refractivity contribution in [1.82, 2.24) is 9.88 Å². The minimum absolute atomic E-state index is 0.154. The van der Waals surface area contributed by atoms with Gasteiger partial charge in [-0.2, -0.15) is 0 Å². The van der Waals surface area contributed by atoms with Crippen LogP contribution in [0.4, 0.5) is 15.6 Å². The van der Waals surface area contributed by atoms with E-state index in [0.717, 1.165) is 10.6 Å². The highest BCUT2D eigenvalue weighted by molar-refractivity contribution is 7.15. The Bertz CT molecular complexity index is 836. The van der Waals surface area contributed by atoms with Gasteiger partial charge in [-0.1, -0.05) is 11.3 Å². The quantitative estimate of drug-likeness (QED) is 0.856. The van der Waals surface area contributed by atoms with Gasteiger partial charge in [0.05, 0.1) is 26.5 Å². The van der Waals surface area contributed by atoms with Crippen LogP contribution in [0, 0.1) is 0 Å². The Hall–Kier alpha value is -2.81. The number of nitrogens with one attached hydrogen (secondary N) is 2. The summed E-state index contributed by atoms with van der Waals surface area (Å²) in [6, 6.07) is 5.02. The Morgan fingerprint density at radius 3 is 2.65 bits per heavy atom. The highest BCUT2D eigenvalue weighted by Gasteiger charge is 2.24. The number of hydrogen-bond donors (Lipinski definition) is 2. The summed E-state index contributed by atoms with van der Waals surface area (Å²) < 4.78 is 10.5. The van der Waals surface area contributed by atoms with Gasteiger partial charge >= 0.3 is 6.03 Å². The van der Waals surface area contributed by atoms with Crippen molar-refractivity contribution in [2.24, 2.45) is 0 Å². The molecule has 0 spiro atoms. The zero-order valence-electron chi connectivity index (χ0n) is 14.8. The third-order valence-electron chi connectivity index (χ3n) is 3.94. The van der Waals surface area contributed by atoms with Crippen molar-refractivity contribution >= 4 is 34.1 Å². The standard InChI is InChI=1S/C17H20N4O4S/c1-10(22)18-16-20-12-6-7-21(9-15(12)26-16)17(23)19-11-4-5-13(24-2)14(8-11)25-3/h4-5,8H,6-7,9H2,1-3H3,(H,19,23)(H,18,20,22). The number of thiazole rings is 1. The molecule has 2 aromatic rings. The fourth-order valence-corrected chi connectivity index (χ4v) is 3.76. The lowest BCUT2D eigenvalue weighted by Gasteiger charge is -2.26. The number of carbonyl (C=O) groups is 2. The lowest BCUT2D eigenvalue weighted by Crippen LogP contribution is -2.38. The summed E-state index contributed by atoms with van der Waals surface area (Å²) in [6.07, 6.45) is 0.658. The molecule has 2 heterocycles. The van der Waals surface area contributed by atoms with E-state index in [9.17, 15) is 9.59 Å². The summed E-state index contributed by atoms with van der Waals surface area (Å²) in [5, 5.41) is 6.14. The monoisotopic (exact) mass is 376 g/mol. The lowest BCUT2D eigenvalue weighted by atomic mass is 10.2. The normalized spacial score (nSPS) is 13.0. The van der Waals surface area contributed by atoms with Crippen LogP contribution in [0.2, 0.25) is 0 Å². The molecule has 0 unspecified atom stereocenters. The van der Waals surface area contributed by atoms with Gasteiger partial charge in [-0.15, -0.1) is 0 Å². The third kappa shape index (κ3) is 3.88. The van der Waals surface area contributed by atoms with E-state index in [4.69, 9.17) is 9.47 Å². The molecule has 138 valence electrons. The largest absolute Gasteiger partial charge is 0.493 e. The molecular formula is C17H20N4O4S. The van der Waals surface area contributed by atoms with Crippen LogP contribution in [0.3, 0.4) is 0 Å². The van der Waals surface area contributed by atoms with E-state index in [0.29, 0.717) is 41.8 Å². The molecule has 0 saturated carbocycles. The number of amides is 3. The number of fused-ring (bicyclic) bond motifs is 1. The number of anilines is 2. The van der Waals surface area contributed by atoms with Gasteiger partial charge in [-0.05, 0) is 12.1 Å². The highest BCUT2D eigenvalue weighted by Crippen LogP contribution is 2.31. The first-order valence-electron chi connectivity index (χ1n) is 8.04. The first-order chi connectivity index (χ1) is 12.5. The Morgan fingerprint density at radius 2 is 1.96 bits per heavy atom. The van der Waals surface area contributed by atoms with Crippen molar-refractivity contribution < 1.29 is 19.1 Å². The van der Waals surface area contributed by atoms with Gasteiger partial charge in [0, 0.05) is 36.5 Å². The van der Waals surface area contributed by atoms with E-state index < -0.39 is 0 Å². The van der Waals surface area contributed by atoms with E-state index in [-0.39, 0.29) is 11.9 Å². The molecule has 0 saturated heterocycles. The number of methoxy groups -OCH3 is 2. The maximum absolute atomic E-state index is 12.6. The molecule has 0 atom stereocenters. The van der Waals surface area contributed by atoms with Crippen molar-refractivity contribution in [2.75, 3.05) is 31.4 Å². The average molecular weight is 376 g/mol. The van der Waals surface area contributed by atoms with Crippen LogP contribution in [-0.4, -0.2) is 42.6 Å². The smallest absolute Gasteiger partial charge is 0.322 e.